The zero-order valence-electron chi connectivity index (χ0n) is 16.9. The summed E-state index contributed by atoms with van der Waals surface area (Å²) in [6, 6.07) is 17.7. The van der Waals surface area contributed by atoms with Crippen molar-refractivity contribution in [2.75, 3.05) is 19.6 Å². The van der Waals surface area contributed by atoms with Gasteiger partial charge in [-0.3, -0.25) is 9.69 Å². The number of amides is 1. The summed E-state index contributed by atoms with van der Waals surface area (Å²) in [5.41, 5.74) is -0.920. The molecule has 30 heavy (non-hydrogen) atoms. The van der Waals surface area contributed by atoms with Crippen LogP contribution in [-0.2, 0) is 11.3 Å². The van der Waals surface area contributed by atoms with Crippen molar-refractivity contribution in [2.24, 2.45) is 5.41 Å². The second-order valence-corrected chi connectivity index (χ2v) is 7.94. The lowest BCUT2D eigenvalue weighted by Crippen LogP contribution is -2.57. The van der Waals surface area contributed by atoms with Crippen molar-refractivity contribution in [1.82, 2.24) is 9.80 Å². The fourth-order valence-electron chi connectivity index (χ4n) is 3.75. The molecule has 0 aromatic heterocycles. The summed E-state index contributed by atoms with van der Waals surface area (Å²) >= 11 is 0. The van der Waals surface area contributed by atoms with Gasteiger partial charge < -0.3 is 4.90 Å². The minimum Gasteiger partial charge on any atom is -0.337 e. The summed E-state index contributed by atoms with van der Waals surface area (Å²) in [7, 11) is 0. The first-order valence-corrected chi connectivity index (χ1v) is 10.1. The average molecular weight is 422 g/mol. The number of benzene rings is 2. The van der Waals surface area contributed by atoms with Gasteiger partial charge in [0, 0.05) is 32.2 Å². The fraction of sp³-hybridized carbons (Fsp3) is 0.435. The zero-order valence-corrected chi connectivity index (χ0v) is 16.9. The lowest BCUT2D eigenvalue weighted by molar-refractivity contribution is -0.200. The molecule has 1 unspecified atom stereocenters. The van der Waals surface area contributed by atoms with E-state index in [4.69, 9.17) is 0 Å². The molecule has 0 N–H and O–H groups in total. The molecule has 3 nitrogen and oxygen atoms in total. The largest absolute Gasteiger partial charge is 0.403 e. The van der Waals surface area contributed by atoms with E-state index in [0.717, 1.165) is 6.54 Å². The molecule has 2 aromatic rings. The minimum atomic E-state index is -4.43. The number of rotatable bonds is 3. The smallest absolute Gasteiger partial charge is 0.337 e. The van der Waals surface area contributed by atoms with Crippen LogP contribution < -0.4 is 0 Å². The zero-order chi connectivity index (χ0) is 21.8. The molecule has 1 saturated carbocycles. The van der Waals surface area contributed by atoms with Gasteiger partial charge in [0.2, 0.25) is 5.91 Å². The molecule has 1 saturated heterocycles. The van der Waals surface area contributed by atoms with Gasteiger partial charge in [0.05, 0.1) is 0 Å². The summed E-state index contributed by atoms with van der Waals surface area (Å²) in [5, 5.41) is 0. The van der Waals surface area contributed by atoms with Crippen molar-refractivity contribution in [3.8, 4) is 0 Å². The highest BCUT2D eigenvalue weighted by molar-refractivity contribution is 5.86. The van der Waals surface area contributed by atoms with Crippen molar-refractivity contribution in [1.29, 1.82) is 0 Å². The summed E-state index contributed by atoms with van der Waals surface area (Å²) in [4.78, 5) is 16.0. The van der Waals surface area contributed by atoms with Gasteiger partial charge in [-0.25, -0.2) is 4.39 Å². The van der Waals surface area contributed by atoms with E-state index in [1.165, 1.54) is 22.6 Å². The highest BCUT2D eigenvalue weighted by Crippen LogP contribution is 2.58. The Hall–Kier alpha value is -2.41. The van der Waals surface area contributed by atoms with Crippen molar-refractivity contribution in [2.45, 2.75) is 38.5 Å². The second kappa shape index (κ2) is 9.16. The lowest BCUT2D eigenvalue weighted by atomic mass is 10.0. The second-order valence-electron chi connectivity index (χ2n) is 7.94. The van der Waals surface area contributed by atoms with Gasteiger partial charge in [-0.15, -0.1) is 0 Å². The summed E-state index contributed by atoms with van der Waals surface area (Å²) in [6.45, 7) is 4.18. The number of carbonyl (C=O) groups excluding carboxylic acids is 1. The number of hydrogen-bond acceptors (Lipinski definition) is 2. The Kier molecular flexibility index (Phi) is 6.81. The molecule has 2 fully saturated rings. The predicted octanol–water partition coefficient (Wildman–Crippen LogP) is 4.89. The lowest BCUT2D eigenvalue weighted by Gasteiger charge is -2.41. The molecule has 1 aliphatic carbocycles. The van der Waals surface area contributed by atoms with Crippen LogP contribution in [-0.4, -0.2) is 47.6 Å². The van der Waals surface area contributed by atoms with Gasteiger partial charge in [-0.2, -0.15) is 13.2 Å². The SMILES string of the molecule is CC1CN(Cc2ccccc2)CCN1C(=O)C1(C(F)(F)F)CC1.Fc1ccccc1. The first-order chi connectivity index (χ1) is 14.2. The third-order valence-electron chi connectivity index (χ3n) is 5.66. The van der Waals surface area contributed by atoms with Gasteiger partial charge >= 0.3 is 6.18 Å². The van der Waals surface area contributed by atoms with Gasteiger partial charge in [0.1, 0.15) is 11.2 Å². The molecule has 2 aliphatic rings. The molecular weight excluding hydrogens is 396 g/mol. The number of piperazine rings is 1. The first-order valence-electron chi connectivity index (χ1n) is 10.1. The maximum absolute atomic E-state index is 13.1. The number of carbonyl (C=O) groups is 1. The van der Waals surface area contributed by atoms with Crippen LogP contribution >= 0.6 is 0 Å². The van der Waals surface area contributed by atoms with E-state index in [1.807, 2.05) is 37.3 Å². The first kappa shape index (κ1) is 22.3. The predicted molar refractivity (Wildman–Crippen MR) is 107 cm³/mol. The van der Waals surface area contributed by atoms with Gasteiger partial charge in [0.25, 0.3) is 0 Å². The molecule has 162 valence electrons. The van der Waals surface area contributed by atoms with E-state index in [-0.39, 0.29) is 24.7 Å². The van der Waals surface area contributed by atoms with Crippen molar-refractivity contribution >= 4 is 5.91 Å². The average Bonchev–Trinajstić information content (AvgIpc) is 3.52. The van der Waals surface area contributed by atoms with Crippen molar-refractivity contribution in [3.05, 3.63) is 72.0 Å². The Morgan fingerprint density at radius 1 is 1.00 bits per heavy atom. The minimum absolute atomic E-state index is 0.0632. The van der Waals surface area contributed by atoms with Crippen molar-refractivity contribution in [3.63, 3.8) is 0 Å². The fourth-order valence-corrected chi connectivity index (χ4v) is 3.75. The summed E-state index contributed by atoms with van der Waals surface area (Å²) < 4.78 is 51.3. The van der Waals surface area contributed by atoms with Crippen LogP contribution in [0.5, 0.6) is 0 Å². The third-order valence-corrected chi connectivity index (χ3v) is 5.66. The Balaban J connectivity index is 0.000000310. The standard InChI is InChI=1S/C17H21F3N2O.C6H5F/c1-13-11-21(12-14-5-3-2-4-6-14)9-10-22(13)15(23)16(7-8-16)17(18,19)20;7-6-4-2-1-3-5-6/h2-6,13H,7-12H2,1H3;1-5H. The van der Waals surface area contributed by atoms with Crippen LogP contribution in [0, 0.1) is 11.2 Å². The quantitative estimate of drug-likeness (QED) is 0.658. The van der Waals surface area contributed by atoms with Crippen LogP contribution in [0.3, 0.4) is 0 Å². The third kappa shape index (κ3) is 5.19. The van der Waals surface area contributed by atoms with Gasteiger partial charge in [-0.1, -0.05) is 48.5 Å². The van der Waals surface area contributed by atoms with E-state index < -0.39 is 17.5 Å². The molecular formula is C23H26F4N2O. The van der Waals surface area contributed by atoms with Gasteiger partial charge in [0.15, 0.2) is 0 Å². The normalized spacial score (nSPS) is 20.8. The Labute approximate surface area is 174 Å². The molecule has 0 bridgehead atoms. The van der Waals surface area contributed by atoms with Crippen LogP contribution in [0.1, 0.15) is 25.3 Å². The molecule has 2 aromatic carbocycles. The monoisotopic (exact) mass is 422 g/mol. The highest BCUT2D eigenvalue weighted by Gasteiger charge is 2.69. The Morgan fingerprint density at radius 2 is 1.57 bits per heavy atom. The molecule has 7 heteroatoms. The molecule has 0 radical (unpaired) electrons. The molecule has 1 heterocycles. The van der Waals surface area contributed by atoms with E-state index >= 15 is 0 Å². The number of hydrogen-bond donors (Lipinski definition) is 0. The number of alkyl halides is 3. The van der Waals surface area contributed by atoms with Gasteiger partial charge in [-0.05, 0) is 37.5 Å². The molecule has 4 rings (SSSR count). The summed E-state index contributed by atoms with van der Waals surface area (Å²) in [5.74, 6) is -0.903. The highest BCUT2D eigenvalue weighted by atomic mass is 19.4. The van der Waals surface area contributed by atoms with Crippen molar-refractivity contribution < 1.29 is 22.4 Å². The summed E-state index contributed by atoms with van der Waals surface area (Å²) in [6.07, 6.45) is -4.55. The molecule has 0 spiro atoms. The van der Waals surface area contributed by atoms with E-state index in [0.29, 0.717) is 19.6 Å². The molecule has 1 amide bonds. The number of halogens is 4. The van der Waals surface area contributed by atoms with E-state index in [1.54, 1.807) is 18.2 Å². The van der Waals surface area contributed by atoms with Crippen LogP contribution in [0.2, 0.25) is 0 Å². The Bertz CT molecular complexity index is 822. The van der Waals surface area contributed by atoms with Crippen LogP contribution in [0.4, 0.5) is 17.6 Å². The van der Waals surface area contributed by atoms with E-state index in [2.05, 4.69) is 4.90 Å². The Morgan fingerprint density at radius 3 is 2.00 bits per heavy atom. The molecule has 1 aliphatic heterocycles. The maximum Gasteiger partial charge on any atom is 0.403 e. The number of nitrogens with zero attached hydrogens (tertiary/aromatic N) is 2. The van der Waals surface area contributed by atoms with Crippen LogP contribution in [0.25, 0.3) is 0 Å². The molecule has 1 atom stereocenters. The maximum atomic E-state index is 13.1. The van der Waals surface area contributed by atoms with E-state index in [9.17, 15) is 22.4 Å². The topological polar surface area (TPSA) is 23.6 Å². The van der Waals surface area contributed by atoms with Crippen LogP contribution in [0.15, 0.2) is 60.7 Å².